The first-order chi connectivity index (χ1) is 15.1. The highest BCUT2D eigenvalue weighted by Crippen LogP contribution is 2.32. The van der Waals surface area contributed by atoms with E-state index in [1.807, 2.05) is 11.8 Å². The molecule has 3 heterocycles. The van der Waals surface area contributed by atoms with Crippen LogP contribution in [0.4, 0.5) is 0 Å². The number of hydrogen-bond acceptors (Lipinski definition) is 6. The number of nitrogens with zero attached hydrogens (tertiary/aromatic N) is 4. The van der Waals surface area contributed by atoms with Crippen molar-refractivity contribution in [3.8, 4) is 0 Å². The number of ether oxygens (including phenoxy) is 1. The number of aromatic nitrogens is 2. The molecule has 8 heteroatoms. The van der Waals surface area contributed by atoms with Gasteiger partial charge in [0.15, 0.2) is 0 Å². The first-order valence-electron chi connectivity index (χ1n) is 11.9. The van der Waals surface area contributed by atoms with E-state index < -0.39 is 0 Å². The van der Waals surface area contributed by atoms with Crippen molar-refractivity contribution in [1.82, 2.24) is 25.1 Å². The van der Waals surface area contributed by atoms with Crippen molar-refractivity contribution in [2.45, 2.75) is 70.4 Å². The molecule has 0 spiro atoms. The Morgan fingerprint density at radius 2 is 1.81 bits per heavy atom. The van der Waals surface area contributed by atoms with Gasteiger partial charge in [0.2, 0.25) is 5.91 Å². The number of amides is 2. The third-order valence-corrected chi connectivity index (χ3v) is 6.71. The highest BCUT2D eigenvalue weighted by Gasteiger charge is 2.32. The van der Waals surface area contributed by atoms with Gasteiger partial charge in [-0.2, -0.15) is 0 Å². The van der Waals surface area contributed by atoms with Crippen LogP contribution in [0.25, 0.3) is 0 Å². The Morgan fingerprint density at radius 3 is 2.58 bits per heavy atom. The number of hydrogen-bond donors (Lipinski definition) is 1. The zero-order valence-electron chi connectivity index (χ0n) is 18.6. The molecule has 2 saturated heterocycles. The second kappa shape index (κ2) is 10.5. The molecule has 8 nitrogen and oxygen atoms in total. The molecule has 1 aromatic rings. The fraction of sp³-hybridized carbons (Fsp3) is 0.739. The van der Waals surface area contributed by atoms with Crippen LogP contribution in [0.1, 0.15) is 79.3 Å². The normalized spacial score (nSPS) is 23.5. The van der Waals surface area contributed by atoms with Crippen molar-refractivity contribution in [3.63, 3.8) is 0 Å². The molecule has 170 valence electrons. The lowest BCUT2D eigenvalue weighted by Gasteiger charge is -2.36. The minimum Gasteiger partial charge on any atom is -0.378 e. The molecule has 1 aromatic heterocycles. The third-order valence-electron chi connectivity index (χ3n) is 6.71. The van der Waals surface area contributed by atoms with Crippen LogP contribution in [0.5, 0.6) is 0 Å². The Kier molecular flexibility index (Phi) is 7.50. The van der Waals surface area contributed by atoms with E-state index in [9.17, 15) is 9.59 Å². The molecular formula is C23H35N5O3. The maximum Gasteiger partial charge on any atom is 0.257 e. The van der Waals surface area contributed by atoms with Gasteiger partial charge in [0.05, 0.1) is 37.1 Å². The summed E-state index contributed by atoms with van der Waals surface area (Å²) in [6.45, 7) is 5.35. The minimum absolute atomic E-state index is 0.0320. The van der Waals surface area contributed by atoms with Gasteiger partial charge in [0.25, 0.3) is 5.91 Å². The average molecular weight is 430 g/mol. The highest BCUT2D eigenvalue weighted by molar-refractivity contribution is 5.95. The zero-order valence-corrected chi connectivity index (χ0v) is 18.6. The van der Waals surface area contributed by atoms with Crippen molar-refractivity contribution in [3.05, 3.63) is 23.3 Å². The molecule has 0 aromatic carbocycles. The van der Waals surface area contributed by atoms with Crippen molar-refractivity contribution in [2.75, 3.05) is 39.4 Å². The quantitative estimate of drug-likeness (QED) is 0.772. The monoisotopic (exact) mass is 429 g/mol. The van der Waals surface area contributed by atoms with E-state index in [0.29, 0.717) is 50.3 Å². The average Bonchev–Trinajstić information content (AvgIpc) is 2.80. The maximum atomic E-state index is 13.3. The van der Waals surface area contributed by atoms with E-state index in [4.69, 9.17) is 9.72 Å². The van der Waals surface area contributed by atoms with Crippen LogP contribution in [0.15, 0.2) is 6.20 Å². The summed E-state index contributed by atoms with van der Waals surface area (Å²) in [4.78, 5) is 39.2. The van der Waals surface area contributed by atoms with Gasteiger partial charge in [-0.05, 0) is 39.2 Å². The molecule has 2 aliphatic heterocycles. The molecule has 4 rings (SSSR count). The van der Waals surface area contributed by atoms with Crippen LogP contribution in [-0.4, -0.2) is 77.0 Å². The van der Waals surface area contributed by atoms with E-state index in [1.165, 1.54) is 19.3 Å². The molecule has 1 saturated carbocycles. The van der Waals surface area contributed by atoms with Crippen molar-refractivity contribution in [1.29, 1.82) is 0 Å². The summed E-state index contributed by atoms with van der Waals surface area (Å²) in [5.41, 5.74) is 1.34. The lowest BCUT2D eigenvalue weighted by atomic mass is 9.95. The maximum absolute atomic E-state index is 13.3. The second-order valence-corrected chi connectivity index (χ2v) is 9.01. The number of likely N-dealkylation sites (tertiary alicyclic amines) is 1. The standard InChI is InChI=1S/C23H35N5O3/c1-17-24-15-19(23(30)27-11-13-31-14-12-27)22(25-17)20-9-5-6-10-28(20)16-21(29)26-18-7-3-2-4-8-18/h15,18,20H,2-14,16H2,1H3,(H,26,29). The van der Waals surface area contributed by atoms with Gasteiger partial charge in [-0.15, -0.1) is 0 Å². The summed E-state index contributed by atoms with van der Waals surface area (Å²) in [6.07, 6.45) is 10.5. The van der Waals surface area contributed by atoms with E-state index in [-0.39, 0.29) is 17.9 Å². The fourth-order valence-electron chi connectivity index (χ4n) is 5.04. The number of morpholine rings is 1. The summed E-state index contributed by atoms with van der Waals surface area (Å²) in [5, 5.41) is 3.24. The number of carbonyl (C=O) groups excluding carboxylic acids is 2. The molecule has 1 atom stereocenters. The Bertz CT molecular complexity index is 774. The fourth-order valence-corrected chi connectivity index (χ4v) is 5.04. The van der Waals surface area contributed by atoms with Gasteiger partial charge in [-0.1, -0.05) is 25.7 Å². The Morgan fingerprint density at radius 1 is 1.06 bits per heavy atom. The molecule has 0 radical (unpaired) electrons. The molecule has 1 unspecified atom stereocenters. The summed E-state index contributed by atoms with van der Waals surface area (Å²) in [6, 6.07) is 0.275. The van der Waals surface area contributed by atoms with Crippen LogP contribution < -0.4 is 5.32 Å². The van der Waals surface area contributed by atoms with Crippen molar-refractivity contribution >= 4 is 11.8 Å². The smallest absolute Gasteiger partial charge is 0.257 e. The largest absolute Gasteiger partial charge is 0.378 e. The predicted molar refractivity (Wildman–Crippen MR) is 117 cm³/mol. The minimum atomic E-state index is -0.0347. The molecule has 2 amide bonds. The second-order valence-electron chi connectivity index (χ2n) is 9.01. The molecule has 3 aliphatic rings. The van der Waals surface area contributed by atoms with Gasteiger partial charge in [-0.3, -0.25) is 14.5 Å². The van der Waals surface area contributed by atoms with E-state index >= 15 is 0 Å². The third kappa shape index (κ3) is 5.60. The van der Waals surface area contributed by atoms with Crippen LogP contribution in [0.3, 0.4) is 0 Å². The molecule has 0 bridgehead atoms. The van der Waals surface area contributed by atoms with Crippen LogP contribution in [-0.2, 0) is 9.53 Å². The molecule has 31 heavy (non-hydrogen) atoms. The number of aryl methyl sites for hydroxylation is 1. The Labute approximate surface area is 184 Å². The predicted octanol–water partition coefficient (Wildman–Crippen LogP) is 2.23. The Balaban J connectivity index is 1.51. The molecule has 3 fully saturated rings. The van der Waals surface area contributed by atoms with E-state index in [1.54, 1.807) is 6.20 Å². The number of rotatable bonds is 5. The first-order valence-corrected chi connectivity index (χ1v) is 11.9. The molecule has 1 aliphatic carbocycles. The topological polar surface area (TPSA) is 87.7 Å². The highest BCUT2D eigenvalue weighted by atomic mass is 16.5. The van der Waals surface area contributed by atoms with Crippen LogP contribution in [0.2, 0.25) is 0 Å². The number of carbonyl (C=O) groups is 2. The molecule has 1 N–H and O–H groups in total. The van der Waals surface area contributed by atoms with Crippen LogP contribution in [0, 0.1) is 6.92 Å². The Hall–Kier alpha value is -2.06. The van der Waals surface area contributed by atoms with Crippen molar-refractivity contribution in [2.24, 2.45) is 0 Å². The van der Waals surface area contributed by atoms with Crippen LogP contribution >= 0.6 is 0 Å². The first kappa shape index (κ1) is 22.1. The van der Waals surface area contributed by atoms with Crippen molar-refractivity contribution < 1.29 is 14.3 Å². The summed E-state index contributed by atoms with van der Waals surface area (Å²) in [5.74, 6) is 0.715. The van der Waals surface area contributed by atoms with Gasteiger partial charge >= 0.3 is 0 Å². The zero-order chi connectivity index (χ0) is 21.6. The lowest BCUT2D eigenvalue weighted by Crippen LogP contribution is -2.46. The number of piperidine rings is 1. The van der Waals surface area contributed by atoms with Gasteiger partial charge in [0.1, 0.15) is 5.82 Å². The summed E-state index contributed by atoms with van der Waals surface area (Å²) in [7, 11) is 0. The molecular weight excluding hydrogens is 394 g/mol. The SMILES string of the molecule is Cc1ncc(C(=O)N2CCOCC2)c(C2CCCCN2CC(=O)NC2CCCCC2)n1. The van der Waals surface area contributed by atoms with Gasteiger partial charge in [0, 0.05) is 25.3 Å². The van der Waals surface area contributed by atoms with Gasteiger partial charge in [-0.25, -0.2) is 9.97 Å². The van der Waals surface area contributed by atoms with E-state index in [0.717, 1.165) is 44.3 Å². The van der Waals surface area contributed by atoms with E-state index in [2.05, 4.69) is 15.2 Å². The summed E-state index contributed by atoms with van der Waals surface area (Å²) >= 11 is 0. The number of nitrogens with one attached hydrogen (secondary N) is 1. The summed E-state index contributed by atoms with van der Waals surface area (Å²) < 4.78 is 5.40. The van der Waals surface area contributed by atoms with Gasteiger partial charge < -0.3 is 15.0 Å². The lowest BCUT2D eigenvalue weighted by molar-refractivity contribution is -0.124.